The Kier molecular flexibility index (Phi) is 6.73. The monoisotopic (exact) mass is 347 g/mol. The summed E-state index contributed by atoms with van der Waals surface area (Å²) < 4.78 is 44.2. The Morgan fingerprint density at radius 2 is 1.91 bits per heavy atom. The number of halogens is 2. The van der Waals surface area contributed by atoms with E-state index < -0.39 is 22.4 Å². The fourth-order valence-electron chi connectivity index (χ4n) is 2.54. The molecule has 0 bridgehead atoms. The summed E-state index contributed by atoms with van der Waals surface area (Å²) in [7, 11) is -1.01. The molecule has 1 aromatic rings. The number of piperazine rings is 1. The van der Waals surface area contributed by atoms with E-state index in [1.165, 1.54) is 6.07 Å². The molecule has 2 N–H and O–H groups in total. The molecule has 2 rings (SSSR count). The van der Waals surface area contributed by atoms with Gasteiger partial charge in [0.15, 0.2) is 11.6 Å². The van der Waals surface area contributed by atoms with E-state index in [9.17, 15) is 13.0 Å². The lowest BCUT2D eigenvalue weighted by Gasteiger charge is -2.36. The van der Waals surface area contributed by atoms with Gasteiger partial charge < -0.3 is 15.4 Å². The highest BCUT2D eigenvalue weighted by Gasteiger charge is 2.21. The summed E-state index contributed by atoms with van der Waals surface area (Å²) in [4.78, 5) is 4.10. The molecule has 130 valence electrons. The van der Waals surface area contributed by atoms with Crippen LogP contribution in [-0.4, -0.2) is 67.0 Å². The average Bonchev–Trinajstić information content (AvgIpc) is 2.50. The maximum Gasteiger partial charge on any atom is 0.168 e. The summed E-state index contributed by atoms with van der Waals surface area (Å²) in [5.74, 6) is -1.03. The van der Waals surface area contributed by atoms with Crippen LogP contribution in [0.4, 0.5) is 14.5 Å². The molecule has 1 heterocycles. The first-order valence-electron chi connectivity index (χ1n) is 7.60. The number of anilines is 1. The van der Waals surface area contributed by atoms with Crippen molar-refractivity contribution in [2.24, 2.45) is 5.73 Å². The van der Waals surface area contributed by atoms with Crippen LogP contribution >= 0.6 is 0 Å². The average molecular weight is 347 g/mol. The molecule has 0 unspecified atom stereocenters. The van der Waals surface area contributed by atoms with E-state index in [0.29, 0.717) is 31.1 Å². The zero-order valence-corrected chi connectivity index (χ0v) is 14.1. The van der Waals surface area contributed by atoms with E-state index in [1.54, 1.807) is 6.26 Å². The van der Waals surface area contributed by atoms with Gasteiger partial charge in [0.25, 0.3) is 0 Å². The number of ether oxygens (including phenoxy) is 1. The Labute approximate surface area is 137 Å². The van der Waals surface area contributed by atoms with E-state index in [-0.39, 0.29) is 12.4 Å². The largest absolute Gasteiger partial charge is 0.489 e. The number of nitrogens with two attached hydrogens (primary N) is 1. The third-order valence-electron chi connectivity index (χ3n) is 3.79. The highest BCUT2D eigenvalue weighted by molar-refractivity contribution is 7.84. The van der Waals surface area contributed by atoms with Crippen molar-refractivity contribution in [2.75, 3.05) is 62.8 Å². The Bertz CT molecular complexity index is 552. The van der Waals surface area contributed by atoms with Gasteiger partial charge in [-0.15, -0.1) is 0 Å². The van der Waals surface area contributed by atoms with Crippen molar-refractivity contribution in [3.8, 4) is 5.75 Å². The quantitative estimate of drug-likeness (QED) is 0.791. The summed E-state index contributed by atoms with van der Waals surface area (Å²) in [6.45, 7) is 4.44. The summed E-state index contributed by atoms with van der Waals surface area (Å²) in [5.41, 5.74) is 5.88. The fraction of sp³-hybridized carbons (Fsp3) is 0.600. The normalized spacial score (nSPS) is 17.3. The van der Waals surface area contributed by atoms with E-state index in [4.69, 9.17) is 10.5 Å². The standard InChI is InChI=1S/C15H23F2N3O2S/c1-23(21)9-8-22-15-11-14(12(16)10-13(15)17)20-6-4-19(3-2-18)5-7-20/h10-11H,2-9,18H2,1H3/t23-/m1/s1. The van der Waals surface area contributed by atoms with Gasteiger partial charge in [-0.3, -0.25) is 9.11 Å². The van der Waals surface area contributed by atoms with Crippen molar-refractivity contribution < 1.29 is 17.7 Å². The van der Waals surface area contributed by atoms with Crippen molar-refractivity contribution >= 4 is 16.5 Å². The first-order chi connectivity index (χ1) is 11.0. The van der Waals surface area contributed by atoms with Crippen molar-refractivity contribution in [1.82, 2.24) is 4.90 Å². The minimum absolute atomic E-state index is 0.00348. The molecule has 8 heteroatoms. The van der Waals surface area contributed by atoms with E-state index >= 15 is 0 Å². The van der Waals surface area contributed by atoms with Gasteiger partial charge >= 0.3 is 0 Å². The van der Waals surface area contributed by atoms with E-state index in [0.717, 1.165) is 25.7 Å². The summed E-state index contributed by atoms with van der Waals surface area (Å²) >= 11 is 0. The number of rotatable bonds is 7. The van der Waals surface area contributed by atoms with Gasteiger partial charge in [-0.2, -0.15) is 0 Å². The zero-order valence-electron chi connectivity index (χ0n) is 13.3. The molecule has 0 radical (unpaired) electrons. The molecule has 1 fully saturated rings. The third-order valence-corrected chi connectivity index (χ3v) is 4.53. The first kappa shape index (κ1) is 18.1. The lowest BCUT2D eigenvalue weighted by atomic mass is 10.2. The highest BCUT2D eigenvalue weighted by atomic mass is 32.2. The molecule has 0 aliphatic carbocycles. The van der Waals surface area contributed by atoms with Crippen molar-refractivity contribution in [3.05, 3.63) is 23.8 Å². The van der Waals surface area contributed by atoms with Crippen LogP contribution in [0.3, 0.4) is 0 Å². The Morgan fingerprint density at radius 1 is 1.22 bits per heavy atom. The Morgan fingerprint density at radius 3 is 2.52 bits per heavy atom. The highest BCUT2D eigenvalue weighted by Crippen LogP contribution is 2.29. The van der Waals surface area contributed by atoms with Crippen LogP contribution in [0.15, 0.2) is 12.1 Å². The molecule has 1 aliphatic heterocycles. The van der Waals surface area contributed by atoms with Crippen LogP contribution in [0.25, 0.3) is 0 Å². The molecule has 1 aliphatic rings. The lowest BCUT2D eigenvalue weighted by Crippen LogP contribution is -2.48. The van der Waals surface area contributed by atoms with Crippen LogP contribution in [0.1, 0.15) is 0 Å². The summed E-state index contributed by atoms with van der Waals surface area (Å²) in [5, 5.41) is 0. The predicted molar refractivity (Wildman–Crippen MR) is 88.5 cm³/mol. The van der Waals surface area contributed by atoms with Crippen LogP contribution < -0.4 is 15.4 Å². The Hall–Kier alpha value is -1.25. The molecular formula is C15H23F2N3O2S. The molecule has 1 saturated heterocycles. The lowest BCUT2D eigenvalue weighted by molar-refractivity contribution is 0.264. The second-order valence-corrected chi connectivity index (χ2v) is 7.03. The molecule has 23 heavy (non-hydrogen) atoms. The number of hydrogen-bond donors (Lipinski definition) is 1. The summed E-state index contributed by atoms with van der Waals surface area (Å²) in [6.07, 6.45) is 1.55. The van der Waals surface area contributed by atoms with Crippen LogP contribution in [0.5, 0.6) is 5.75 Å². The SMILES string of the molecule is C[S@@](=O)CCOc1cc(N2CCN(CCN)CC2)c(F)cc1F. The molecule has 1 aromatic carbocycles. The molecule has 0 amide bonds. The fourth-order valence-corrected chi connectivity index (χ4v) is 2.85. The Balaban J connectivity index is 2.05. The van der Waals surface area contributed by atoms with Crippen molar-refractivity contribution in [3.63, 3.8) is 0 Å². The van der Waals surface area contributed by atoms with Crippen molar-refractivity contribution in [2.45, 2.75) is 0 Å². The van der Waals surface area contributed by atoms with Crippen LogP contribution in [0, 0.1) is 11.6 Å². The number of hydrogen-bond acceptors (Lipinski definition) is 5. The molecule has 0 spiro atoms. The van der Waals surface area contributed by atoms with Gasteiger partial charge in [0.2, 0.25) is 0 Å². The maximum absolute atomic E-state index is 14.1. The topological polar surface area (TPSA) is 58.8 Å². The minimum Gasteiger partial charge on any atom is -0.489 e. The van der Waals surface area contributed by atoms with Gasteiger partial charge in [-0.25, -0.2) is 8.78 Å². The molecule has 0 saturated carbocycles. The molecule has 5 nitrogen and oxygen atoms in total. The van der Waals surface area contributed by atoms with Gasteiger partial charge in [0.1, 0.15) is 5.82 Å². The molecule has 1 atom stereocenters. The van der Waals surface area contributed by atoms with E-state index in [1.807, 2.05) is 4.90 Å². The van der Waals surface area contributed by atoms with Crippen LogP contribution in [0.2, 0.25) is 0 Å². The third kappa shape index (κ3) is 5.12. The van der Waals surface area contributed by atoms with Gasteiger partial charge in [-0.05, 0) is 0 Å². The smallest absolute Gasteiger partial charge is 0.168 e. The minimum atomic E-state index is -1.01. The number of benzene rings is 1. The zero-order chi connectivity index (χ0) is 16.8. The second-order valence-electron chi connectivity index (χ2n) is 5.48. The van der Waals surface area contributed by atoms with Crippen molar-refractivity contribution in [1.29, 1.82) is 0 Å². The molecule has 0 aromatic heterocycles. The molecular weight excluding hydrogens is 324 g/mol. The van der Waals surface area contributed by atoms with Gasteiger partial charge in [0.05, 0.1) is 18.0 Å². The predicted octanol–water partition coefficient (Wildman–Crippen LogP) is 0.803. The van der Waals surface area contributed by atoms with Gasteiger partial charge in [0, 0.05) is 68.5 Å². The first-order valence-corrected chi connectivity index (χ1v) is 9.33. The number of nitrogens with zero attached hydrogens (tertiary/aromatic N) is 2. The van der Waals surface area contributed by atoms with Crippen LogP contribution in [-0.2, 0) is 10.8 Å². The van der Waals surface area contributed by atoms with E-state index in [2.05, 4.69) is 4.90 Å². The summed E-state index contributed by atoms with van der Waals surface area (Å²) in [6, 6.07) is 2.24. The second kappa shape index (κ2) is 8.56. The van der Waals surface area contributed by atoms with Gasteiger partial charge in [-0.1, -0.05) is 0 Å². The maximum atomic E-state index is 14.1.